The van der Waals surface area contributed by atoms with Crippen molar-refractivity contribution in [3.63, 3.8) is 0 Å². The first-order valence-electron chi connectivity index (χ1n) is 5.65. The van der Waals surface area contributed by atoms with Crippen molar-refractivity contribution in [3.8, 4) is 0 Å². The van der Waals surface area contributed by atoms with Crippen molar-refractivity contribution in [2.45, 2.75) is 13.5 Å². The zero-order chi connectivity index (χ0) is 13.0. The van der Waals surface area contributed by atoms with Crippen LogP contribution in [0.5, 0.6) is 0 Å². The minimum atomic E-state index is -0.125. The number of hydrogen-bond acceptors (Lipinski definition) is 4. The number of carbonyl (C=O) groups excluding carboxylic acids is 1. The molecule has 1 aromatic heterocycles. The van der Waals surface area contributed by atoms with Gasteiger partial charge in [0.05, 0.1) is 12.7 Å². The molecule has 3 N–H and O–H groups in total. The lowest BCUT2D eigenvalue weighted by Gasteiger charge is -2.08. The topological polar surface area (TPSA) is 85.8 Å². The maximum absolute atomic E-state index is 11.9. The Morgan fingerprint density at radius 3 is 3.06 bits per heavy atom. The van der Waals surface area contributed by atoms with Crippen LogP contribution in [0, 0.1) is 6.92 Å². The van der Waals surface area contributed by atoms with E-state index in [0.29, 0.717) is 24.3 Å². The van der Waals surface area contributed by atoms with Crippen LogP contribution in [0.4, 0.5) is 5.69 Å². The number of carbonyl (C=O) groups is 1. The summed E-state index contributed by atoms with van der Waals surface area (Å²) in [7, 11) is 0. The maximum Gasteiger partial charge on any atom is 0.251 e. The molecule has 94 valence electrons. The number of hydrogen-bond donors (Lipinski definition) is 2. The van der Waals surface area contributed by atoms with Gasteiger partial charge in [0.2, 0.25) is 0 Å². The molecular weight excluding hydrogens is 230 g/mol. The number of amides is 1. The van der Waals surface area contributed by atoms with Crippen molar-refractivity contribution in [1.82, 2.24) is 20.3 Å². The quantitative estimate of drug-likeness (QED) is 0.772. The average molecular weight is 245 g/mol. The normalized spacial score (nSPS) is 10.3. The molecule has 0 fully saturated rings. The van der Waals surface area contributed by atoms with Gasteiger partial charge in [0.1, 0.15) is 0 Å². The molecule has 0 atom stereocenters. The van der Waals surface area contributed by atoms with Crippen molar-refractivity contribution in [2.75, 3.05) is 12.3 Å². The Morgan fingerprint density at radius 2 is 2.33 bits per heavy atom. The molecule has 2 aromatic rings. The Kier molecular flexibility index (Phi) is 3.57. The zero-order valence-corrected chi connectivity index (χ0v) is 10.1. The SMILES string of the molecule is Cc1ccc(N)cc1C(=O)NCCn1ccnn1. The molecule has 0 aliphatic carbocycles. The van der Waals surface area contributed by atoms with E-state index in [1.807, 2.05) is 13.0 Å². The average Bonchev–Trinajstić information content (AvgIpc) is 2.85. The summed E-state index contributed by atoms with van der Waals surface area (Å²) >= 11 is 0. The van der Waals surface area contributed by atoms with E-state index >= 15 is 0 Å². The van der Waals surface area contributed by atoms with Gasteiger partial charge in [-0.3, -0.25) is 9.48 Å². The summed E-state index contributed by atoms with van der Waals surface area (Å²) in [6.45, 7) is 2.97. The van der Waals surface area contributed by atoms with Gasteiger partial charge in [0, 0.05) is 24.0 Å². The predicted octanol–water partition coefficient (Wildman–Crippen LogP) is 0.599. The minimum absolute atomic E-state index is 0.125. The minimum Gasteiger partial charge on any atom is -0.399 e. The van der Waals surface area contributed by atoms with E-state index in [1.165, 1.54) is 0 Å². The van der Waals surface area contributed by atoms with Crippen LogP contribution < -0.4 is 11.1 Å². The molecule has 0 aliphatic rings. The number of nitrogen functional groups attached to an aromatic ring is 1. The Labute approximate surface area is 105 Å². The van der Waals surface area contributed by atoms with Gasteiger partial charge >= 0.3 is 0 Å². The second-order valence-electron chi connectivity index (χ2n) is 4.00. The standard InChI is InChI=1S/C12H15N5O/c1-9-2-3-10(13)8-11(9)12(18)14-4-6-17-7-5-15-16-17/h2-3,5,7-8H,4,6,13H2,1H3,(H,14,18). The lowest BCUT2D eigenvalue weighted by molar-refractivity contribution is 0.0951. The summed E-state index contributed by atoms with van der Waals surface area (Å²) in [5, 5.41) is 10.3. The summed E-state index contributed by atoms with van der Waals surface area (Å²) in [4.78, 5) is 11.9. The molecule has 0 saturated carbocycles. The predicted molar refractivity (Wildman–Crippen MR) is 67.9 cm³/mol. The van der Waals surface area contributed by atoms with Crippen LogP contribution in [-0.2, 0) is 6.54 Å². The smallest absolute Gasteiger partial charge is 0.251 e. The highest BCUT2D eigenvalue weighted by molar-refractivity contribution is 5.96. The second-order valence-corrected chi connectivity index (χ2v) is 4.00. The molecule has 0 unspecified atom stereocenters. The zero-order valence-electron chi connectivity index (χ0n) is 10.1. The lowest BCUT2D eigenvalue weighted by atomic mass is 10.1. The molecule has 1 aromatic carbocycles. The number of benzene rings is 1. The second kappa shape index (κ2) is 5.31. The van der Waals surface area contributed by atoms with Crippen LogP contribution >= 0.6 is 0 Å². The molecule has 0 radical (unpaired) electrons. The summed E-state index contributed by atoms with van der Waals surface area (Å²) in [5.41, 5.74) is 7.76. The number of aromatic nitrogens is 3. The van der Waals surface area contributed by atoms with E-state index in [9.17, 15) is 4.79 Å². The third-order valence-electron chi connectivity index (χ3n) is 2.60. The largest absolute Gasteiger partial charge is 0.399 e. The van der Waals surface area contributed by atoms with Gasteiger partial charge in [0.15, 0.2) is 0 Å². The van der Waals surface area contributed by atoms with Crippen molar-refractivity contribution in [2.24, 2.45) is 0 Å². The number of rotatable bonds is 4. The number of anilines is 1. The number of nitrogens with zero attached hydrogens (tertiary/aromatic N) is 3. The van der Waals surface area contributed by atoms with Gasteiger partial charge in [-0.05, 0) is 24.6 Å². The first-order valence-corrected chi connectivity index (χ1v) is 5.65. The van der Waals surface area contributed by atoms with Gasteiger partial charge in [-0.1, -0.05) is 11.3 Å². The van der Waals surface area contributed by atoms with Crippen LogP contribution in [0.25, 0.3) is 0 Å². The van der Waals surface area contributed by atoms with Crippen LogP contribution in [0.3, 0.4) is 0 Å². The van der Waals surface area contributed by atoms with E-state index in [0.717, 1.165) is 5.56 Å². The summed E-state index contributed by atoms with van der Waals surface area (Å²) in [6, 6.07) is 5.29. The molecule has 6 heteroatoms. The van der Waals surface area contributed by atoms with E-state index < -0.39 is 0 Å². The van der Waals surface area contributed by atoms with Crippen molar-refractivity contribution >= 4 is 11.6 Å². The molecule has 0 spiro atoms. The third kappa shape index (κ3) is 2.85. The molecule has 1 amide bonds. The number of nitrogens with one attached hydrogen (secondary N) is 1. The first-order chi connectivity index (χ1) is 8.66. The van der Waals surface area contributed by atoms with E-state index in [1.54, 1.807) is 29.2 Å². The van der Waals surface area contributed by atoms with Crippen LogP contribution in [0.1, 0.15) is 15.9 Å². The maximum atomic E-state index is 11.9. The van der Waals surface area contributed by atoms with Crippen LogP contribution in [0.15, 0.2) is 30.6 Å². The Hall–Kier alpha value is -2.37. The van der Waals surface area contributed by atoms with Crippen molar-refractivity contribution in [3.05, 3.63) is 41.7 Å². The highest BCUT2D eigenvalue weighted by Crippen LogP contribution is 2.12. The summed E-state index contributed by atoms with van der Waals surface area (Å²) in [6.07, 6.45) is 3.35. The summed E-state index contributed by atoms with van der Waals surface area (Å²) in [5.74, 6) is -0.125. The summed E-state index contributed by atoms with van der Waals surface area (Å²) < 4.78 is 1.66. The Bertz CT molecular complexity index is 535. The number of nitrogens with two attached hydrogens (primary N) is 1. The molecule has 2 rings (SSSR count). The van der Waals surface area contributed by atoms with Gasteiger partial charge in [-0.15, -0.1) is 5.10 Å². The number of aryl methyl sites for hydroxylation is 1. The lowest BCUT2D eigenvalue weighted by Crippen LogP contribution is -2.28. The van der Waals surface area contributed by atoms with E-state index in [4.69, 9.17) is 5.73 Å². The van der Waals surface area contributed by atoms with Crippen LogP contribution in [-0.4, -0.2) is 27.4 Å². The molecule has 18 heavy (non-hydrogen) atoms. The molecule has 0 saturated heterocycles. The highest BCUT2D eigenvalue weighted by atomic mass is 16.1. The molecule has 1 heterocycles. The van der Waals surface area contributed by atoms with Gasteiger partial charge in [-0.25, -0.2) is 0 Å². The van der Waals surface area contributed by atoms with E-state index in [-0.39, 0.29) is 5.91 Å². The molecule has 6 nitrogen and oxygen atoms in total. The Morgan fingerprint density at radius 1 is 1.50 bits per heavy atom. The van der Waals surface area contributed by atoms with Crippen molar-refractivity contribution in [1.29, 1.82) is 0 Å². The van der Waals surface area contributed by atoms with Gasteiger partial charge < -0.3 is 11.1 Å². The molecular formula is C12H15N5O. The fraction of sp³-hybridized carbons (Fsp3) is 0.250. The Balaban J connectivity index is 1.93. The fourth-order valence-corrected chi connectivity index (χ4v) is 1.62. The molecule has 0 aliphatic heterocycles. The van der Waals surface area contributed by atoms with Gasteiger partial charge in [-0.2, -0.15) is 0 Å². The van der Waals surface area contributed by atoms with Crippen LogP contribution in [0.2, 0.25) is 0 Å². The monoisotopic (exact) mass is 245 g/mol. The first kappa shape index (κ1) is 12.1. The van der Waals surface area contributed by atoms with Crippen molar-refractivity contribution < 1.29 is 4.79 Å². The van der Waals surface area contributed by atoms with Gasteiger partial charge in [0.25, 0.3) is 5.91 Å². The molecule has 0 bridgehead atoms. The highest BCUT2D eigenvalue weighted by Gasteiger charge is 2.08. The fourth-order valence-electron chi connectivity index (χ4n) is 1.62. The van der Waals surface area contributed by atoms with E-state index in [2.05, 4.69) is 15.6 Å². The third-order valence-corrected chi connectivity index (χ3v) is 2.60.